The molecule has 0 spiro atoms. The van der Waals surface area contributed by atoms with Crippen molar-refractivity contribution in [3.63, 3.8) is 0 Å². The van der Waals surface area contributed by atoms with Crippen molar-refractivity contribution in [2.75, 3.05) is 30.3 Å². The SMILES string of the molecule is CC(=O)NC[C@H]1CN(c2cc(F)c(C3CCP(=O)(Oc4ccc5c(c4)CCCC5=O)CC3)c(F)c2)C(=O)O1. The van der Waals surface area contributed by atoms with E-state index in [0.717, 1.165) is 35.4 Å². The van der Waals surface area contributed by atoms with Crippen LogP contribution in [0.5, 0.6) is 5.75 Å². The number of benzene rings is 2. The van der Waals surface area contributed by atoms with Gasteiger partial charge < -0.3 is 14.6 Å². The summed E-state index contributed by atoms with van der Waals surface area (Å²) in [6.45, 7) is 1.50. The van der Waals surface area contributed by atoms with E-state index >= 15 is 8.78 Å². The molecule has 0 aromatic heterocycles. The van der Waals surface area contributed by atoms with Crippen molar-refractivity contribution in [3.8, 4) is 5.75 Å². The number of nitrogens with zero attached hydrogens (tertiary/aromatic N) is 1. The molecule has 3 aliphatic rings. The van der Waals surface area contributed by atoms with Gasteiger partial charge in [-0.15, -0.1) is 0 Å². The van der Waals surface area contributed by atoms with E-state index in [2.05, 4.69) is 5.32 Å². The first-order chi connectivity index (χ1) is 18.1. The highest BCUT2D eigenvalue weighted by atomic mass is 31.2. The van der Waals surface area contributed by atoms with Gasteiger partial charge in [-0.2, -0.15) is 0 Å². The van der Waals surface area contributed by atoms with Crippen LogP contribution in [0.25, 0.3) is 0 Å². The smallest absolute Gasteiger partial charge is 0.414 e. The van der Waals surface area contributed by atoms with Gasteiger partial charge in [-0.3, -0.25) is 19.1 Å². The molecule has 0 saturated carbocycles. The quantitative estimate of drug-likeness (QED) is 0.501. The van der Waals surface area contributed by atoms with Gasteiger partial charge in [0.15, 0.2) is 5.78 Å². The minimum Gasteiger partial charge on any atom is -0.443 e. The molecule has 1 atom stereocenters. The van der Waals surface area contributed by atoms with Crippen LogP contribution < -0.4 is 14.7 Å². The zero-order valence-corrected chi connectivity index (χ0v) is 21.9. The molecule has 0 bridgehead atoms. The van der Waals surface area contributed by atoms with Crippen molar-refractivity contribution in [3.05, 3.63) is 58.7 Å². The van der Waals surface area contributed by atoms with Crippen molar-refractivity contribution >= 4 is 30.8 Å². The third kappa shape index (κ3) is 5.46. The fourth-order valence-corrected chi connectivity index (χ4v) is 7.74. The second-order valence-corrected chi connectivity index (χ2v) is 12.8. The number of ether oxygens (including phenoxy) is 1. The van der Waals surface area contributed by atoms with Crippen LogP contribution in [0.2, 0.25) is 0 Å². The average molecular weight is 547 g/mol. The van der Waals surface area contributed by atoms with E-state index in [1.54, 1.807) is 18.2 Å². The van der Waals surface area contributed by atoms with Gasteiger partial charge in [0.05, 0.1) is 18.8 Å². The van der Waals surface area contributed by atoms with Crippen LogP contribution in [0.15, 0.2) is 30.3 Å². The molecule has 2 aliphatic heterocycles. The first kappa shape index (κ1) is 26.4. The number of ketones is 1. The van der Waals surface area contributed by atoms with E-state index in [0.29, 0.717) is 30.6 Å². The maximum absolute atomic E-state index is 15.2. The minimum atomic E-state index is -3.06. The van der Waals surface area contributed by atoms with Gasteiger partial charge in [0.25, 0.3) is 0 Å². The summed E-state index contributed by atoms with van der Waals surface area (Å²) in [5.41, 5.74) is 1.53. The van der Waals surface area contributed by atoms with Crippen LogP contribution in [0.4, 0.5) is 19.3 Å². The number of carbonyl (C=O) groups excluding carboxylic acids is 3. The summed E-state index contributed by atoms with van der Waals surface area (Å²) in [4.78, 5) is 36.5. The molecule has 0 radical (unpaired) electrons. The number of carbonyl (C=O) groups is 3. The number of cyclic esters (lactones) is 1. The van der Waals surface area contributed by atoms with Gasteiger partial charge in [-0.25, -0.2) is 13.6 Å². The molecule has 1 aliphatic carbocycles. The summed E-state index contributed by atoms with van der Waals surface area (Å²) in [6, 6.07) is 7.38. The highest BCUT2D eigenvalue weighted by molar-refractivity contribution is 7.59. The largest absolute Gasteiger partial charge is 0.443 e. The number of rotatable bonds is 6. The minimum absolute atomic E-state index is 0.0368. The van der Waals surface area contributed by atoms with Gasteiger partial charge in [0.1, 0.15) is 23.5 Å². The Balaban J connectivity index is 1.24. The normalized spacial score (nSPS) is 25.1. The van der Waals surface area contributed by atoms with Crippen molar-refractivity contribution in [2.24, 2.45) is 0 Å². The van der Waals surface area contributed by atoms with Gasteiger partial charge in [0.2, 0.25) is 13.3 Å². The number of amides is 2. The summed E-state index contributed by atoms with van der Waals surface area (Å²) in [5, 5.41) is 2.55. The molecular formula is C27H29F2N2O6P. The molecule has 38 heavy (non-hydrogen) atoms. The summed E-state index contributed by atoms with van der Waals surface area (Å²) < 4.78 is 54.8. The van der Waals surface area contributed by atoms with Gasteiger partial charge in [-0.1, -0.05) is 0 Å². The lowest BCUT2D eigenvalue weighted by Gasteiger charge is -2.30. The standard InChI is InChI=1S/C27H29F2N2O6P/c1-16(32)30-14-21-15-31(27(34)36-21)19-12-23(28)26(24(29)13-19)17-7-9-38(35,10-8-17)37-20-5-6-22-18(11-20)3-2-4-25(22)33/h5-6,11-13,17,21H,2-4,7-10,14-15H2,1H3,(H,30,32)/t17?,21-,38?/m0/s1. The zero-order valence-electron chi connectivity index (χ0n) is 21.0. The van der Waals surface area contributed by atoms with Gasteiger partial charge >= 0.3 is 6.09 Å². The number of anilines is 1. The number of Topliss-reactive ketones (excluding diaryl/α,β-unsaturated/α-hetero) is 1. The molecule has 202 valence electrons. The molecule has 2 aromatic rings. The molecular weight excluding hydrogens is 517 g/mol. The number of nitrogens with one attached hydrogen (secondary N) is 1. The molecule has 2 heterocycles. The first-order valence-electron chi connectivity index (χ1n) is 12.8. The summed E-state index contributed by atoms with van der Waals surface area (Å²) in [5.74, 6) is -1.75. The van der Waals surface area contributed by atoms with Crippen molar-refractivity contribution < 1.29 is 37.0 Å². The fourth-order valence-electron chi connectivity index (χ4n) is 5.43. The van der Waals surface area contributed by atoms with Crippen LogP contribution in [0.3, 0.4) is 0 Å². The predicted molar refractivity (Wildman–Crippen MR) is 136 cm³/mol. The number of halogens is 2. The maximum Gasteiger partial charge on any atom is 0.414 e. The Morgan fingerprint density at radius 2 is 1.84 bits per heavy atom. The van der Waals surface area contributed by atoms with E-state index in [4.69, 9.17) is 9.26 Å². The molecule has 8 nitrogen and oxygen atoms in total. The molecule has 0 unspecified atom stereocenters. The lowest BCUT2D eigenvalue weighted by molar-refractivity contribution is -0.119. The molecule has 5 rings (SSSR count). The fraction of sp³-hybridized carbons (Fsp3) is 0.444. The summed E-state index contributed by atoms with van der Waals surface area (Å²) in [6.07, 6.45) is 1.65. The molecule has 1 N–H and O–H groups in total. The average Bonchev–Trinajstić information content (AvgIpc) is 3.24. The van der Waals surface area contributed by atoms with E-state index in [1.807, 2.05) is 0 Å². The molecule has 2 fully saturated rings. The lowest BCUT2D eigenvalue weighted by atomic mass is 9.91. The molecule has 2 amide bonds. The Labute approximate surface area is 219 Å². The van der Waals surface area contributed by atoms with Crippen LogP contribution in [0.1, 0.15) is 60.0 Å². The Kier molecular flexibility index (Phi) is 7.27. The van der Waals surface area contributed by atoms with Crippen LogP contribution in [0, 0.1) is 11.6 Å². The van der Waals surface area contributed by atoms with Crippen LogP contribution in [-0.2, 0) is 20.5 Å². The van der Waals surface area contributed by atoms with Crippen molar-refractivity contribution in [2.45, 2.75) is 51.0 Å². The van der Waals surface area contributed by atoms with Gasteiger partial charge in [0, 0.05) is 36.8 Å². The molecule has 11 heteroatoms. The number of hydrogen-bond donors (Lipinski definition) is 1. The third-order valence-electron chi connectivity index (χ3n) is 7.37. The second-order valence-electron chi connectivity index (χ2n) is 10.1. The van der Waals surface area contributed by atoms with E-state index in [1.165, 1.54) is 6.92 Å². The maximum atomic E-state index is 15.2. The van der Waals surface area contributed by atoms with E-state index in [9.17, 15) is 18.9 Å². The Bertz CT molecular complexity index is 1310. The Morgan fingerprint density at radius 1 is 1.13 bits per heavy atom. The van der Waals surface area contributed by atoms with Crippen LogP contribution >= 0.6 is 7.37 Å². The second kappa shape index (κ2) is 10.5. The topological polar surface area (TPSA) is 102 Å². The first-order valence-corrected chi connectivity index (χ1v) is 14.8. The van der Waals surface area contributed by atoms with Crippen molar-refractivity contribution in [1.29, 1.82) is 0 Å². The van der Waals surface area contributed by atoms with E-state index < -0.39 is 37.1 Å². The van der Waals surface area contributed by atoms with E-state index in [-0.39, 0.29) is 48.4 Å². The van der Waals surface area contributed by atoms with Crippen LogP contribution in [-0.4, -0.2) is 49.3 Å². The monoisotopic (exact) mass is 546 g/mol. The Hall–Kier alpha value is -3.26. The summed E-state index contributed by atoms with van der Waals surface area (Å²) >= 11 is 0. The number of fused-ring (bicyclic) bond motifs is 1. The predicted octanol–water partition coefficient (Wildman–Crippen LogP) is 5.18. The van der Waals surface area contributed by atoms with Gasteiger partial charge in [-0.05, 0) is 67.5 Å². The van der Waals surface area contributed by atoms with Crippen molar-refractivity contribution in [1.82, 2.24) is 5.32 Å². The lowest BCUT2D eigenvalue weighted by Crippen LogP contribution is -2.33. The third-order valence-corrected chi connectivity index (χ3v) is 9.79. The number of aryl methyl sites for hydroxylation is 1. The zero-order chi connectivity index (χ0) is 27.0. The highest BCUT2D eigenvalue weighted by Gasteiger charge is 2.37. The summed E-state index contributed by atoms with van der Waals surface area (Å²) in [7, 11) is -3.06. The molecule has 2 aromatic carbocycles. The number of hydrogen-bond acceptors (Lipinski definition) is 6. The molecule has 2 saturated heterocycles. The highest BCUT2D eigenvalue weighted by Crippen LogP contribution is 2.55. The Morgan fingerprint density at radius 3 is 2.53 bits per heavy atom.